The highest BCUT2D eigenvalue weighted by Gasteiger charge is 2.39. The fourth-order valence-corrected chi connectivity index (χ4v) is 0.536. The molecule has 0 aliphatic heterocycles. The van der Waals surface area contributed by atoms with Crippen LogP contribution in [0.15, 0.2) is 0 Å². The van der Waals surface area contributed by atoms with Gasteiger partial charge in [0.2, 0.25) is 0 Å². The van der Waals surface area contributed by atoms with Crippen molar-refractivity contribution in [1.82, 2.24) is 0 Å². The quantitative estimate of drug-likeness (QED) is 0.549. The van der Waals surface area contributed by atoms with Crippen molar-refractivity contribution in [2.75, 3.05) is 0 Å². The molecular formula is C6H10O4S. The van der Waals surface area contributed by atoms with Gasteiger partial charge in [-0.05, 0) is 13.8 Å². The second-order valence-electron chi connectivity index (χ2n) is 2.77. The normalized spacial score (nSPS) is 14.1. The van der Waals surface area contributed by atoms with Crippen LogP contribution in [-0.4, -0.2) is 27.4 Å². The lowest BCUT2D eigenvalue weighted by molar-refractivity contribution is -0.152. The molecule has 0 radical (unpaired) electrons. The fraction of sp³-hybridized carbons (Fsp3) is 0.667. The summed E-state index contributed by atoms with van der Waals surface area (Å²) in [5.41, 5.74) is -1.34. The van der Waals surface area contributed by atoms with Gasteiger partial charge in [0.05, 0.1) is 5.41 Å². The van der Waals surface area contributed by atoms with Gasteiger partial charge in [0.15, 0.2) is 0 Å². The first kappa shape index (κ1) is 10.3. The zero-order chi connectivity index (χ0) is 9.23. The molecule has 0 bridgehead atoms. The van der Waals surface area contributed by atoms with Crippen LogP contribution in [0.5, 0.6) is 0 Å². The van der Waals surface area contributed by atoms with E-state index < -0.39 is 22.6 Å². The summed E-state index contributed by atoms with van der Waals surface area (Å²) in [5.74, 6) is -2.39. The third-order valence-corrected chi connectivity index (χ3v) is 2.34. The molecule has 0 saturated heterocycles. The summed E-state index contributed by atoms with van der Waals surface area (Å²) in [6.07, 6.45) is 0. The lowest BCUT2D eigenvalue weighted by Crippen LogP contribution is -2.38. The van der Waals surface area contributed by atoms with E-state index in [1.807, 2.05) is 0 Å². The minimum Gasteiger partial charge on any atom is -0.481 e. The fourth-order valence-electron chi connectivity index (χ4n) is 0.426. The molecule has 0 aromatic rings. The number of carbonyl (C=O) groups is 2. The first-order valence-electron chi connectivity index (χ1n) is 2.94. The number of thiol groups is 1. The van der Waals surface area contributed by atoms with E-state index in [9.17, 15) is 9.59 Å². The van der Waals surface area contributed by atoms with Gasteiger partial charge < -0.3 is 10.2 Å². The van der Waals surface area contributed by atoms with Crippen molar-refractivity contribution in [1.29, 1.82) is 0 Å². The predicted octanol–water partition coefficient (Wildman–Crippen LogP) is 0.480. The molecule has 0 spiro atoms. The lowest BCUT2D eigenvalue weighted by atomic mass is 9.89. The van der Waals surface area contributed by atoms with Crippen molar-refractivity contribution in [2.24, 2.45) is 5.41 Å². The summed E-state index contributed by atoms with van der Waals surface area (Å²) in [5, 5.41) is 15.8. The summed E-state index contributed by atoms with van der Waals surface area (Å²) in [7, 11) is 0. The van der Waals surface area contributed by atoms with Crippen molar-refractivity contribution >= 4 is 24.6 Å². The standard InChI is InChI=1S/C6H10O4S/c1-6(2,5(9)10)3(11)4(7)8/h3,11H,1-2H3,(H,7,8)(H,9,10). The van der Waals surface area contributed by atoms with Crippen LogP contribution in [0.2, 0.25) is 0 Å². The monoisotopic (exact) mass is 178 g/mol. The zero-order valence-corrected chi connectivity index (χ0v) is 7.13. The molecule has 64 valence electrons. The van der Waals surface area contributed by atoms with Crippen LogP contribution in [0.3, 0.4) is 0 Å². The van der Waals surface area contributed by atoms with Crippen LogP contribution in [0.25, 0.3) is 0 Å². The van der Waals surface area contributed by atoms with Gasteiger partial charge in [-0.2, -0.15) is 12.6 Å². The van der Waals surface area contributed by atoms with Gasteiger partial charge in [-0.15, -0.1) is 0 Å². The van der Waals surface area contributed by atoms with Gasteiger partial charge in [-0.3, -0.25) is 9.59 Å². The molecule has 0 fully saturated rings. The summed E-state index contributed by atoms with van der Waals surface area (Å²) in [6, 6.07) is 0. The Morgan fingerprint density at radius 1 is 1.36 bits per heavy atom. The minimum atomic E-state index is -1.34. The SMILES string of the molecule is CC(C)(C(=O)O)C(S)C(=O)O. The Labute approximate surface area is 69.6 Å². The molecule has 4 nitrogen and oxygen atoms in total. The highest BCUT2D eigenvalue weighted by molar-refractivity contribution is 7.81. The minimum absolute atomic E-state index is 1.17. The van der Waals surface area contributed by atoms with Crippen LogP contribution >= 0.6 is 12.6 Å². The highest BCUT2D eigenvalue weighted by atomic mass is 32.1. The molecule has 0 saturated carbocycles. The van der Waals surface area contributed by atoms with E-state index in [-0.39, 0.29) is 0 Å². The predicted molar refractivity (Wildman–Crippen MR) is 41.8 cm³/mol. The Morgan fingerprint density at radius 3 is 1.82 bits per heavy atom. The zero-order valence-electron chi connectivity index (χ0n) is 6.24. The summed E-state index contributed by atoms with van der Waals surface area (Å²) in [6.45, 7) is 2.64. The van der Waals surface area contributed by atoms with E-state index in [0.717, 1.165) is 0 Å². The Balaban J connectivity index is 4.55. The Bertz CT molecular complexity index is 187. The molecule has 0 aliphatic carbocycles. The second kappa shape index (κ2) is 3.13. The number of hydrogen-bond acceptors (Lipinski definition) is 3. The van der Waals surface area contributed by atoms with Crippen molar-refractivity contribution in [2.45, 2.75) is 19.1 Å². The first-order valence-corrected chi connectivity index (χ1v) is 3.46. The molecular weight excluding hydrogens is 168 g/mol. The van der Waals surface area contributed by atoms with Crippen molar-refractivity contribution in [3.05, 3.63) is 0 Å². The van der Waals surface area contributed by atoms with Crippen LogP contribution in [-0.2, 0) is 9.59 Å². The Hall–Kier alpha value is -0.710. The van der Waals surface area contributed by atoms with Gasteiger partial charge in [0, 0.05) is 0 Å². The molecule has 0 rings (SSSR count). The third kappa shape index (κ3) is 2.11. The molecule has 0 aliphatic rings. The van der Waals surface area contributed by atoms with E-state index in [0.29, 0.717) is 0 Å². The maximum absolute atomic E-state index is 10.5. The van der Waals surface area contributed by atoms with Crippen LogP contribution in [0, 0.1) is 5.41 Å². The Morgan fingerprint density at radius 2 is 1.73 bits per heavy atom. The van der Waals surface area contributed by atoms with Crippen molar-refractivity contribution in [3.8, 4) is 0 Å². The summed E-state index contributed by atoms with van der Waals surface area (Å²) < 4.78 is 0. The smallest absolute Gasteiger partial charge is 0.317 e. The number of carboxylic acid groups (broad SMARTS) is 2. The molecule has 5 heteroatoms. The average Bonchev–Trinajstić information content (AvgIpc) is 1.85. The van der Waals surface area contributed by atoms with E-state index in [1.54, 1.807) is 0 Å². The lowest BCUT2D eigenvalue weighted by Gasteiger charge is -2.22. The van der Waals surface area contributed by atoms with E-state index >= 15 is 0 Å². The van der Waals surface area contributed by atoms with Gasteiger partial charge in [0.25, 0.3) is 0 Å². The number of carboxylic acids is 2. The van der Waals surface area contributed by atoms with Gasteiger partial charge in [-0.1, -0.05) is 0 Å². The molecule has 0 aromatic carbocycles. The van der Waals surface area contributed by atoms with E-state index in [1.165, 1.54) is 13.8 Å². The van der Waals surface area contributed by atoms with Crippen molar-refractivity contribution < 1.29 is 19.8 Å². The van der Waals surface area contributed by atoms with Gasteiger partial charge in [-0.25, -0.2) is 0 Å². The molecule has 0 heterocycles. The second-order valence-corrected chi connectivity index (χ2v) is 3.28. The van der Waals surface area contributed by atoms with Gasteiger partial charge in [0.1, 0.15) is 5.25 Å². The van der Waals surface area contributed by atoms with Crippen LogP contribution in [0.1, 0.15) is 13.8 Å². The molecule has 0 amide bonds. The molecule has 0 aromatic heterocycles. The molecule has 2 N–H and O–H groups in total. The first-order chi connectivity index (χ1) is 4.80. The van der Waals surface area contributed by atoms with E-state index in [4.69, 9.17) is 10.2 Å². The third-order valence-electron chi connectivity index (χ3n) is 1.47. The summed E-state index contributed by atoms with van der Waals surface area (Å²) in [4.78, 5) is 20.8. The molecule has 11 heavy (non-hydrogen) atoms. The maximum atomic E-state index is 10.5. The largest absolute Gasteiger partial charge is 0.481 e. The maximum Gasteiger partial charge on any atom is 0.317 e. The van der Waals surface area contributed by atoms with E-state index in [2.05, 4.69) is 12.6 Å². The van der Waals surface area contributed by atoms with Gasteiger partial charge >= 0.3 is 11.9 Å². The Kier molecular flexibility index (Phi) is 2.92. The topological polar surface area (TPSA) is 74.6 Å². The summed E-state index contributed by atoms with van der Waals surface area (Å²) >= 11 is 3.66. The van der Waals surface area contributed by atoms with Crippen LogP contribution < -0.4 is 0 Å². The molecule has 1 unspecified atom stereocenters. The number of hydrogen-bond donors (Lipinski definition) is 3. The number of rotatable bonds is 3. The van der Waals surface area contributed by atoms with Crippen LogP contribution in [0.4, 0.5) is 0 Å². The average molecular weight is 178 g/mol. The molecule has 1 atom stereocenters. The number of aliphatic carboxylic acids is 2. The highest BCUT2D eigenvalue weighted by Crippen LogP contribution is 2.25. The van der Waals surface area contributed by atoms with Crippen molar-refractivity contribution in [3.63, 3.8) is 0 Å².